The number of hydrogen-bond acceptors (Lipinski definition) is 3. The van der Waals surface area contributed by atoms with Crippen molar-refractivity contribution in [2.24, 2.45) is 11.1 Å². The second-order valence-electron chi connectivity index (χ2n) is 5.32. The van der Waals surface area contributed by atoms with Crippen LogP contribution < -0.4 is 5.73 Å². The van der Waals surface area contributed by atoms with Gasteiger partial charge in [0.1, 0.15) is 5.82 Å². The normalized spacial score (nSPS) is 21.9. The molecule has 0 radical (unpaired) electrons. The van der Waals surface area contributed by atoms with Gasteiger partial charge in [-0.05, 0) is 37.0 Å². The summed E-state index contributed by atoms with van der Waals surface area (Å²) in [6.45, 7) is 3.47. The molecule has 1 aliphatic heterocycles. The van der Waals surface area contributed by atoms with Gasteiger partial charge in [0.15, 0.2) is 0 Å². The summed E-state index contributed by atoms with van der Waals surface area (Å²) in [5.41, 5.74) is 5.04. The van der Waals surface area contributed by atoms with E-state index >= 15 is 0 Å². The quantitative estimate of drug-likeness (QED) is 0.879. The molecule has 1 atom stereocenters. The van der Waals surface area contributed by atoms with Crippen LogP contribution in [-0.4, -0.2) is 24.9 Å². The second-order valence-corrected chi connectivity index (χ2v) is 5.32. The zero-order chi connectivity index (χ0) is 13.9. The SMILES string of the molecule is CCC(O)(c1cccc(F)c1)C1(CN)CCOCC1. The lowest BCUT2D eigenvalue weighted by Crippen LogP contribution is -2.53. The lowest BCUT2D eigenvalue weighted by atomic mass is 9.62. The molecular weight excluding hydrogens is 245 g/mol. The first-order valence-electron chi connectivity index (χ1n) is 6.84. The monoisotopic (exact) mass is 267 g/mol. The lowest BCUT2D eigenvalue weighted by Gasteiger charge is -2.49. The van der Waals surface area contributed by atoms with Crippen molar-refractivity contribution in [1.29, 1.82) is 0 Å². The summed E-state index contributed by atoms with van der Waals surface area (Å²) in [5.74, 6) is -0.330. The Morgan fingerprint density at radius 2 is 2.11 bits per heavy atom. The van der Waals surface area contributed by atoms with Gasteiger partial charge < -0.3 is 15.6 Å². The molecule has 3 nitrogen and oxygen atoms in total. The Morgan fingerprint density at radius 3 is 2.63 bits per heavy atom. The van der Waals surface area contributed by atoms with Gasteiger partial charge in [-0.3, -0.25) is 0 Å². The molecule has 1 unspecified atom stereocenters. The molecule has 1 heterocycles. The number of nitrogens with two attached hydrogens (primary N) is 1. The Kier molecular flexibility index (Phi) is 4.23. The Hall–Kier alpha value is -0.970. The predicted molar refractivity (Wildman–Crippen MR) is 72.1 cm³/mol. The van der Waals surface area contributed by atoms with E-state index in [1.54, 1.807) is 12.1 Å². The summed E-state index contributed by atoms with van der Waals surface area (Å²) in [5, 5.41) is 11.2. The molecule has 1 aromatic rings. The fourth-order valence-electron chi connectivity index (χ4n) is 3.18. The minimum absolute atomic E-state index is 0.330. The van der Waals surface area contributed by atoms with Crippen LogP contribution in [0.25, 0.3) is 0 Å². The maximum atomic E-state index is 13.5. The summed E-state index contributed by atoms with van der Waals surface area (Å²) >= 11 is 0. The minimum Gasteiger partial charge on any atom is -0.385 e. The van der Waals surface area contributed by atoms with Crippen molar-refractivity contribution in [3.63, 3.8) is 0 Å². The van der Waals surface area contributed by atoms with E-state index in [0.29, 0.717) is 44.6 Å². The number of halogens is 1. The highest BCUT2D eigenvalue weighted by molar-refractivity contribution is 5.27. The molecule has 1 saturated heterocycles. The average molecular weight is 267 g/mol. The molecular formula is C15H22FNO2. The summed E-state index contributed by atoms with van der Waals surface area (Å²) < 4.78 is 18.8. The lowest BCUT2D eigenvalue weighted by molar-refractivity contribution is -0.137. The van der Waals surface area contributed by atoms with Crippen LogP contribution in [0.2, 0.25) is 0 Å². The van der Waals surface area contributed by atoms with Crippen LogP contribution in [0, 0.1) is 11.2 Å². The Morgan fingerprint density at radius 1 is 1.42 bits per heavy atom. The van der Waals surface area contributed by atoms with Gasteiger partial charge in [0.2, 0.25) is 0 Å². The van der Waals surface area contributed by atoms with E-state index in [1.165, 1.54) is 12.1 Å². The van der Waals surface area contributed by atoms with Crippen molar-refractivity contribution in [3.8, 4) is 0 Å². The van der Waals surface area contributed by atoms with Crippen LogP contribution >= 0.6 is 0 Å². The highest BCUT2D eigenvalue weighted by Gasteiger charge is 2.50. The molecule has 0 saturated carbocycles. The van der Waals surface area contributed by atoms with Crippen LogP contribution in [0.4, 0.5) is 4.39 Å². The van der Waals surface area contributed by atoms with E-state index in [4.69, 9.17) is 10.5 Å². The average Bonchev–Trinajstić information content (AvgIpc) is 2.47. The highest BCUT2D eigenvalue weighted by atomic mass is 19.1. The zero-order valence-corrected chi connectivity index (χ0v) is 11.4. The van der Waals surface area contributed by atoms with E-state index in [2.05, 4.69) is 0 Å². The molecule has 1 aliphatic rings. The van der Waals surface area contributed by atoms with Crippen LogP contribution in [0.15, 0.2) is 24.3 Å². The molecule has 2 rings (SSSR count). The molecule has 0 aromatic heterocycles. The van der Waals surface area contributed by atoms with Crippen molar-refractivity contribution in [3.05, 3.63) is 35.6 Å². The molecule has 0 amide bonds. The van der Waals surface area contributed by atoms with Crippen molar-refractivity contribution in [1.82, 2.24) is 0 Å². The number of ether oxygens (including phenoxy) is 1. The van der Waals surface area contributed by atoms with Gasteiger partial charge in [-0.15, -0.1) is 0 Å². The molecule has 0 bridgehead atoms. The zero-order valence-electron chi connectivity index (χ0n) is 11.4. The summed E-state index contributed by atoms with van der Waals surface area (Å²) in [6.07, 6.45) is 1.91. The van der Waals surface area contributed by atoms with Gasteiger partial charge in [-0.1, -0.05) is 19.1 Å². The van der Waals surface area contributed by atoms with E-state index < -0.39 is 11.0 Å². The third kappa shape index (κ3) is 2.40. The summed E-state index contributed by atoms with van der Waals surface area (Å²) in [4.78, 5) is 0. The summed E-state index contributed by atoms with van der Waals surface area (Å²) in [6, 6.07) is 6.21. The first kappa shape index (κ1) is 14.4. The molecule has 19 heavy (non-hydrogen) atoms. The third-order valence-corrected chi connectivity index (χ3v) is 4.53. The topological polar surface area (TPSA) is 55.5 Å². The summed E-state index contributed by atoms with van der Waals surface area (Å²) in [7, 11) is 0. The van der Waals surface area contributed by atoms with Crippen molar-refractivity contribution < 1.29 is 14.2 Å². The molecule has 4 heteroatoms. The maximum absolute atomic E-state index is 13.5. The smallest absolute Gasteiger partial charge is 0.123 e. The molecule has 106 valence electrons. The standard InChI is InChI=1S/C15H22FNO2/c1-2-15(18,12-4-3-5-13(16)10-12)14(11-17)6-8-19-9-7-14/h3-5,10,18H,2,6-9,11,17H2,1H3. The first-order valence-corrected chi connectivity index (χ1v) is 6.84. The van der Waals surface area contributed by atoms with Crippen LogP contribution in [0.1, 0.15) is 31.7 Å². The van der Waals surface area contributed by atoms with E-state index in [-0.39, 0.29) is 5.82 Å². The fourth-order valence-corrected chi connectivity index (χ4v) is 3.18. The number of hydrogen-bond donors (Lipinski definition) is 2. The van der Waals surface area contributed by atoms with Gasteiger partial charge in [0.25, 0.3) is 0 Å². The van der Waals surface area contributed by atoms with E-state index in [0.717, 1.165) is 0 Å². The molecule has 0 spiro atoms. The van der Waals surface area contributed by atoms with Crippen molar-refractivity contribution in [2.75, 3.05) is 19.8 Å². The second kappa shape index (κ2) is 5.57. The minimum atomic E-state index is -1.10. The van der Waals surface area contributed by atoms with Gasteiger partial charge in [0, 0.05) is 25.2 Å². The first-order chi connectivity index (χ1) is 9.08. The predicted octanol–water partition coefficient (Wildman–Crippen LogP) is 2.18. The Balaban J connectivity index is 2.45. The molecule has 0 aliphatic carbocycles. The number of rotatable bonds is 4. The maximum Gasteiger partial charge on any atom is 0.123 e. The van der Waals surface area contributed by atoms with Gasteiger partial charge in [-0.25, -0.2) is 4.39 Å². The molecule has 1 fully saturated rings. The number of aliphatic hydroxyl groups is 1. The highest BCUT2D eigenvalue weighted by Crippen LogP contribution is 2.48. The fraction of sp³-hybridized carbons (Fsp3) is 0.600. The number of benzene rings is 1. The van der Waals surface area contributed by atoms with Gasteiger partial charge in [0.05, 0.1) is 5.60 Å². The van der Waals surface area contributed by atoms with Crippen molar-refractivity contribution in [2.45, 2.75) is 31.8 Å². The largest absolute Gasteiger partial charge is 0.385 e. The van der Waals surface area contributed by atoms with Crippen molar-refractivity contribution >= 4 is 0 Å². The Labute approximate surface area is 113 Å². The Bertz CT molecular complexity index is 432. The van der Waals surface area contributed by atoms with Crippen LogP contribution in [0.5, 0.6) is 0 Å². The van der Waals surface area contributed by atoms with Crippen LogP contribution in [0.3, 0.4) is 0 Å². The van der Waals surface area contributed by atoms with E-state index in [1.807, 2.05) is 6.92 Å². The molecule has 3 N–H and O–H groups in total. The van der Waals surface area contributed by atoms with Gasteiger partial charge >= 0.3 is 0 Å². The van der Waals surface area contributed by atoms with Crippen LogP contribution in [-0.2, 0) is 10.3 Å². The molecule has 1 aromatic carbocycles. The van der Waals surface area contributed by atoms with Gasteiger partial charge in [-0.2, -0.15) is 0 Å². The van der Waals surface area contributed by atoms with E-state index in [9.17, 15) is 9.50 Å². The third-order valence-electron chi connectivity index (χ3n) is 4.53.